The van der Waals surface area contributed by atoms with Gasteiger partial charge in [-0.15, -0.1) is 13.2 Å². The van der Waals surface area contributed by atoms with Crippen LogP contribution in [0, 0.1) is 5.41 Å². The summed E-state index contributed by atoms with van der Waals surface area (Å²) in [7, 11) is 0. The van der Waals surface area contributed by atoms with Crippen LogP contribution >= 0.6 is 0 Å². The van der Waals surface area contributed by atoms with Gasteiger partial charge in [0.2, 0.25) is 0 Å². The van der Waals surface area contributed by atoms with Crippen LogP contribution in [0.15, 0.2) is 48.5 Å². The van der Waals surface area contributed by atoms with E-state index in [0.717, 1.165) is 47.2 Å². The second-order valence-electron chi connectivity index (χ2n) is 9.11. The Bertz CT molecular complexity index is 1270. The fourth-order valence-electron chi connectivity index (χ4n) is 4.65. The van der Waals surface area contributed by atoms with Crippen LogP contribution < -0.4 is 4.74 Å². The molecule has 2 aromatic carbocycles. The van der Waals surface area contributed by atoms with Crippen LogP contribution in [0.25, 0.3) is 21.8 Å². The van der Waals surface area contributed by atoms with Gasteiger partial charge in [-0.25, -0.2) is 0 Å². The van der Waals surface area contributed by atoms with Gasteiger partial charge in [0.05, 0.1) is 11.2 Å². The van der Waals surface area contributed by atoms with E-state index in [1.165, 1.54) is 28.5 Å². The summed E-state index contributed by atoms with van der Waals surface area (Å²) in [5, 5.41) is 2.44. The highest BCUT2D eigenvalue weighted by Gasteiger charge is 2.31. The zero-order chi connectivity index (χ0) is 21.8. The fourth-order valence-corrected chi connectivity index (χ4v) is 4.65. The number of alkyl halides is 3. The van der Waals surface area contributed by atoms with Crippen molar-refractivity contribution in [3.8, 4) is 5.75 Å². The van der Waals surface area contributed by atoms with Crippen molar-refractivity contribution >= 4 is 21.8 Å². The number of fused-ring (bicyclic) bond motifs is 5. The van der Waals surface area contributed by atoms with E-state index < -0.39 is 6.36 Å². The number of rotatable bonds is 3. The standard InChI is InChI=1S/C25H23F3N2O/c1-24(2)12-11-18-21(14-24)29-20(23-22(18)17-5-3-4-6-19(17)30-23)13-15-7-9-16(10-8-15)31-25(26,27)28/h3-10,30H,11-14H2,1-2H3. The van der Waals surface area contributed by atoms with Crippen LogP contribution in [0.1, 0.15) is 42.8 Å². The van der Waals surface area contributed by atoms with Gasteiger partial charge in [0.1, 0.15) is 5.75 Å². The molecule has 0 unspecified atom stereocenters. The first kappa shape index (κ1) is 19.9. The first-order valence-electron chi connectivity index (χ1n) is 10.4. The number of nitrogens with one attached hydrogen (secondary N) is 1. The zero-order valence-electron chi connectivity index (χ0n) is 17.4. The lowest BCUT2D eigenvalue weighted by Gasteiger charge is -2.31. The monoisotopic (exact) mass is 424 g/mol. The molecule has 1 aliphatic rings. The van der Waals surface area contributed by atoms with Crippen LogP contribution in [0.4, 0.5) is 13.2 Å². The number of benzene rings is 2. The third kappa shape index (κ3) is 3.87. The molecule has 1 aliphatic carbocycles. The summed E-state index contributed by atoms with van der Waals surface area (Å²) in [5.74, 6) is -0.216. The molecule has 160 valence electrons. The highest BCUT2D eigenvalue weighted by molar-refractivity contribution is 6.10. The molecule has 3 nitrogen and oxygen atoms in total. The molecule has 0 saturated heterocycles. The van der Waals surface area contributed by atoms with Crippen LogP contribution in [0.5, 0.6) is 5.75 Å². The number of hydrogen-bond donors (Lipinski definition) is 1. The minimum Gasteiger partial charge on any atom is -0.406 e. The second-order valence-corrected chi connectivity index (χ2v) is 9.11. The normalized spacial score (nSPS) is 15.9. The molecule has 0 aliphatic heterocycles. The molecule has 0 fully saturated rings. The van der Waals surface area contributed by atoms with E-state index in [2.05, 4.69) is 35.7 Å². The molecule has 0 bridgehead atoms. The number of ether oxygens (including phenoxy) is 1. The maximum absolute atomic E-state index is 12.5. The van der Waals surface area contributed by atoms with Crippen LogP contribution in [-0.2, 0) is 19.3 Å². The van der Waals surface area contributed by atoms with Crippen LogP contribution in [0.2, 0.25) is 0 Å². The van der Waals surface area contributed by atoms with E-state index in [1.54, 1.807) is 12.1 Å². The predicted octanol–water partition coefficient (Wildman–Crippen LogP) is 6.72. The SMILES string of the molecule is CC1(C)CCc2c(nc(Cc3ccc(OC(F)(F)F)cc3)c3[nH]c4ccccc4c23)C1. The molecule has 0 saturated carbocycles. The topological polar surface area (TPSA) is 37.9 Å². The van der Waals surface area contributed by atoms with Crippen molar-refractivity contribution in [3.63, 3.8) is 0 Å². The summed E-state index contributed by atoms with van der Waals surface area (Å²) in [4.78, 5) is 8.61. The van der Waals surface area contributed by atoms with E-state index in [-0.39, 0.29) is 11.2 Å². The highest BCUT2D eigenvalue weighted by atomic mass is 19.4. The van der Waals surface area contributed by atoms with E-state index in [1.807, 2.05) is 12.1 Å². The molecule has 2 heterocycles. The number of aromatic amines is 1. The lowest BCUT2D eigenvalue weighted by molar-refractivity contribution is -0.274. The van der Waals surface area contributed by atoms with Gasteiger partial charge in [0.15, 0.2) is 0 Å². The Morgan fingerprint density at radius 1 is 1.06 bits per heavy atom. The van der Waals surface area contributed by atoms with Gasteiger partial charge in [-0.05, 0) is 54.0 Å². The average molecular weight is 424 g/mol. The van der Waals surface area contributed by atoms with Crippen molar-refractivity contribution in [2.24, 2.45) is 5.41 Å². The number of nitrogens with zero attached hydrogens (tertiary/aromatic N) is 1. The minimum absolute atomic E-state index is 0.202. The van der Waals surface area contributed by atoms with E-state index in [4.69, 9.17) is 4.98 Å². The van der Waals surface area contributed by atoms with E-state index in [0.29, 0.717) is 6.42 Å². The number of halogens is 3. The molecule has 31 heavy (non-hydrogen) atoms. The van der Waals surface area contributed by atoms with Crippen LogP contribution in [0.3, 0.4) is 0 Å². The maximum atomic E-state index is 12.5. The molecule has 2 aromatic heterocycles. The van der Waals surface area contributed by atoms with E-state index in [9.17, 15) is 13.2 Å². The van der Waals surface area contributed by atoms with Crippen molar-refractivity contribution in [1.29, 1.82) is 0 Å². The van der Waals surface area contributed by atoms with Gasteiger partial charge in [-0.3, -0.25) is 4.98 Å². The molecule has 6 heteroatoms. The molecule has 0 spiro atoms. The molecule has 0 amide bonds. The molecule has 4 aromatic rings. The number of hydrogen-bond acceptors (Lipinski definition) is 2. The predicted molar refractivity (Wildman–Crippen MR) is 115 cm³/mol. The van der Waals surface area contributed by atoms with Crippen molar-refractivity contribution in [1.82, 2.24) is 9.97 Å². The summed E-state index contributed by atoms with van der Waals surface area (Å²) in [6.07, 6.45) is -1.12. The number of aryl methyl sites for hydroxylation is 1. The third-order valence-corrected chi connectivity index (χ3v) is 6.14. The molecule has 1 N–H and O–H groups in total. The number of para-hydroxylation sites is 1. The number of pyridine rings is 1. The van der Waals surface area contributed by atoms with Gasteiger partial charge < -0.3 is 9.72 Å². The Morgan fingerprint density at radius 3 is 2.55 bits per heavy atom. The Kier molecular flexibility index (Phi) is 4.50. The maximum Gasteiger partial charge on any atom is 0.573 e. The molecular weight excluding hydrogens is 401 g/mol. The summed E-state index contributed by atoms with van der Waals surface area (Å²) < 4.78 is 41.3. The van der Waals surface area contributed by atoms with Gasteiger partial charge in [0.25, 0.3) is 0 Å². The van der Waals surface area contributed by atoms with E-state index >= 15 is 0 Å². The number of aromatic nitrogens is 2. The Hall–Kier alpha value is -3.02. The molecule has 0 radical (unpaired) electrons. The Labute approximate surface area is 178 Å². The van der Waals surface area contributed by atoms with Crippen molar-refractivity contribution in [3.05, 3.63) is 71.0 Å². The fraction of sp³-hybridized carbons (Fsp3) is 0.320. The second kappa shape index (κ2) is 7.01. The van der Waals surface area contributed by atoms with Crippen molar-refractivity contribution < 1.29 is 17.9 Å². The van der Waals surface area contributed by atoms with Gasteiger partial charge in [-0.2, -0.15) is 0 Å². The summed E-state index contributed by atoms with van der Waals surface area (Å²) >= 11 is 0. The van der Waals surface area contributed by atoms with Gasteiger partial charge in [-0.1, -0.05) is 44.2 Å². The lowest BCUT2D eigenvalue weighted by atomic mass is 9.75. The largest absolute Gasteiger partial charge is 0.573 e. The Balaban J connectivity index is 1.60. The smallest absolute Gasteiger partial charge is 0.406 e. The lowest BCUT2D eigenvalue weighted by Crippen LogP contribution is -2.24. The molecular formula is C25H23F3N2O. The summed E-state index contributed by atoms with van der Waals surface area (Å²) in [6, 6.07) is 14.3. The van der Waals surface area contributed by atoms with Gasteiger partial charge >= 0.3 is 6.36 Å². The highest BCUT2D eigenvalue weighted by Crippen LogP contribution is 2.40. The van der Waals surface area contributed by atoms with Crippen LogP contribution in [-0.4, -0.2) is 16.3 Å². The Morgan fingerprint density at radius 2 is 1.81 bits per heavy atom. The third-order valence-electron chi connectivity index (χ3n) is 6.14. The van der Waals surface area contributed by atoms with Crippen molar-refractivity contribution in [2.75, 3.05) is 0 Å². The summed E-state index contributed by atoms with van der Waals surface area (Å²) in [5.41, 5.74) is 6.57. The first-order chi connectivity index (χ1) is 14.7. The average Bonchev–Trinajstić information content (AvgIpc) is 3.08. The number of H-pyrrole nitrogens is 1. The quantitative estimate of drug-likeness (QED) is 0.396. The molecule has 0 atom stereocenters. The van der Waals surface area contributed by atoms with Crippen molar-refractivity contribution in [2.45, 2.75) is 45.9 Å². The molecule has 5 rings (SSSR count). The first-order valence-corrected chi connectivity index (χ1v) is 10.4. The summed E-state index contributed by atoms with van der Waals surface area (Å²) in [6.45, 7) is 4.55. The minimum atomic E-state index is -4.69. The van der Waals surface area contributed by atoms with Gasteiger partial charge in [0, 0.05) is 28.4 Å². The zero-order valence-corrected chi connectivity index (χ0v) is 17.4.